The number of thioether (sulfide) groups is 1. The molecule has 0 amide bonds. The molecule has 3 nitrogen and oxygen atoms in total. The molecule has 0 aliphatic heterocycles. The van der Waals surface area contributed by atoms with Crippen LogP contribution in [0.5, 0.6) is 5.75 Å². The van der Waals surface area contributed by atoms with Gasteiger partial charge in [0.1, 0.15) is 5.75 Å². The van der Waals surface area contributed by atoms with E-state index in [1.54, 1.807) is 24.9 Å². The van der Waals surface area contributed by atoms with Crippen molar-refractivity contribution < 1.29 is 14.3 Å². The van der Waals surface area contributed by atoms with Crippen LogP contribution in [0.4, 0.5) is 0 Å². The van der Waals surface area contributed by atoms with Crippen molar-refractivity contribution in [2.75, 3.05) is 20.0 Å². The highest BCUT2D eigenvalue weighted by Crippen LogP contribution is 2.25. The molecule has 0 bridgehead atoms. The van der Waals surface area contributed by atoms with Gasteiger partial charge in [0, 0.05) is 16.7 Å². The Hall–Kier alpha value is -2.20. The number of benzene rings is 2. The van der Waals surface area contributed by atoms with Gasteiger partial charge in [-0.25, -0.2) is 4.79 Å². The molecule has 0 aliphatic carbocycles. The minimum Gasteiger partial charge on any atom is -0.497 e. The molecule has 0 heterocycles. The minimum absolute atomic E-state index is 0.287. The lowest BCUT2D eigenvalue weighted by atomic mass is 10.0. The average molecular weight is 356 g/mol. The molecule has 2 rings (SSSR count). The molecule has 0 unspecified atom stereocenters. The van der Waals surface area contributed by atoms with Crippen molar-refractivity contribution in [1.29, 1.82) is 0 Å². The zero-order valence-electron chi connectivity index (χ0n) is 14.7. The van der Waals surface area contributed by atoms with Crippen LogP contribution in [0.2, 0.25) is 0 Å². The number of esters is 1. The highest BCUT2D eigenvalue weighted by molar-refractivity contribution is 7.99. The van der Waals surface area contributed by atoms with Gasteiger partial charge in [0.05, 0.1) is 14.2 Å². The lowest BCUT2D eigenvalue weighted by Gasteiger charge is -2.08. The normalized spacial score (nSPS) is 11.2. The molecule has 0 aromatic heterocycles. The van der Waals surface area contributed by atoms with Crippen molar-refractivity contribution in [3.05, 3.63) is 71.8 Å². The second-order valence-electron chi connectivity index (χ2n) is 5.63. The van der Waals surface area contributed by atoms with Crippen LogP contribution in [0, 0.1) is 0 Å². The quantitative estimate of drug-likeness (QED) is 0.363. The van der Waals surface area contributed by atoms with Gasteiger partial charge in [0.15, 0.2) is 0 Å². The molecule has 0 saturated carbocycles. The van der Waals surface area contributed by atoms with E-state index in [9.17, 15) is 4.79 Å². The Morgan fingerprint density at radius 2 is 1.76 bits per heavy atom. The minimum atomic E-state index is -0.287. The molecule has 25 heavy (non-hydrogen) atoms. The van der Waals surface area contributed by atoms with Crippen molar-refractivity contribution >= 4 is 17.7 Å². The molecule has 132 valence electrons. The smallest absolute Gasteiger partial charge is 0.330 e. The summed E-state index contributed by atoms with van der Waals surface area (Å²) in [5, 5.41) is 0. The summed E-state index contributed by atoms with van der Waals surface area (Å²) in [6.07, 6.45) is 4.53. The maximum atomic E-state index is 11.6. The Morgan fingerprint density at radius 1 is 1.04 bits per heavy atom. The summed E-state index contributed by atoms with van der Waals surface area (Å²) in [4.78, 5) is 12.8. The molecule has 0 N–H and O–H groups in total. The second kappa shape index (κ2) is 10.6. The van der Waals surface area contributed by atoms with Crippen LogP contribution in [-0.4, -0.2) is 25.9 Å². The van der Waals surface area contributed by atoms with Crippen LogP contribution in [0.1, 0.15) is 18.4 Å². The fourth-order valence-electron chi connectivity index (χ4n) is 2.42. The van der Waals surface area contributed by atoms with Crippen LogP contribution >= 0.6 is 11.8 Å². The van der Waals surface area contributed by atoms with Crippen LogP contribution in [0.3, 0.4) is 0 Å². The van der Waals surface area contributed by atoms with Crippen molar-refractivity contribution in [2.45, 2.75) is 24.2 Å². The first-order chi connectivity index (χ1) is 12.2. The summed E-state index contributed by atoms with van der Waals surface area (Å²) < 4.78 is 9.96. The Labute approximate surface area is 154 Å². The Kier molecular flexibility index (Phi) is 8.13. The number of methoxy groups -OCH3 is 2. The zero-order valence-corrected chi connectivity index (χ0v) is 15.6. The van der Waals surface area contributed by atoms with E-state index in [1.807, 2.05) is 30.3 Å². The van der Waals surface area contributed by atoms with Gasteiger partial charge in [-0.3, -0.25) is 0 Å². The number of carbonyl (C=O) groups is 1. The summed E-state index contributed by atoms with van der Waals surface area (Å²) in [5.41, 5.74) is 2.42. The fourth-order valence-corrected chi connectivity index (χ4v) is 3.33. The molecule has 4 heteroatoms. The predicted octanol–water partition coefficient (Wildman–Crippen LogP) is 4.91. The van der Waals surface area contributed by atoms with Crippen molar-refractivity contribution in [3.8, 4) is 5.75 Å². The van der Waals surface area contributed by atoms with Crippen molar-refractivity contribution in [1.82, 2.24) is 0 Å². The van der Waals surface area contributed by atoms with E-state index in [-0.39, 0.29) is 5.97 Å². The first-order valence-electron chi connectivity index (χ1n) is 8.29. The van der Waals surface area contributed by atoms with Crippen LogP contribution in [0.15, 0.2) is 71.1 Å². The van der Waals surface area contributed by atoms with Crippen molar-refractivity contribution in [3.63, 3.8) is 0 Å². The molecule has 2 aromatic rings. The topological polar surface area (TPSA) is 35.5 Å². The van der Waals surface area contributed by atoms with E-state index in [1.165, 1.54) is 12.7 Å². The molecule has 0 saturated heterocycles. The molecule has 2 aromatic carbocycles. The molecule has 0 aliphatic rings. The predicted molar refractivity (Wildman–Crippen MR) is 103 cm³/mol. The van der Waals surface area contributed by atoms with Crippen LogP contribution < -0.4 is 4.74 Å². The van der Waals surface area contributed by atoms with Gasteiger partial charge < -0.3 is 9.47 Å². The van der Waals surface area contributed by atoms with Crippen LogP contribution in [0.25, 0.3) is 0 Å². The van der Waals surface area contributed by atoms with E-state index in [4.69, 9.17) is 9.47 Å². The van der Waals surface area contributed by atoms with Gasteiger partial charge in [-0.1, -0.05) is 35.9 Å². The van der Waals surface area contributed by atoms with E-state index < -0.39 is 0 Å². The van der Waals surface area contributed by atoms with Gasteiger partial charge in [-0.05, 0) is 49.1 Å². The summed E-state index contributed by atoms with van der Waals surface area (Å²) in [6, 6.07) is 18.4. The van der Waals surface area contributed by atoms with E-state index in [0.717, 1.165) is 41.2 Å². The van der Waals surface area contributed by atoms with Gasteiger partial charge in [-0.2, -0.15) is 0 Å². The lowest BCUT2D eigenvalue weighted by molar-refractivity contribution is -0.134. The maximum Gasteiger partial charge on any atom is 0.330 e. The van der Waals surface area contributed by atoms with E-state index in [0.29, 0.717) is 0 Å². The Morgan fingerprint density at radius 3 is 2.40 bits per heavy atom. The summed E-state index contributed by atoms with van der Waals surface area (Å²) in [5.74, 6) is 1.33. The first-order valence-corrected chi connectivity index (χ1v) is 9.28. The van der Waals surface area contributed by atoms with Gasteiger partial charge >= 0.3 is 5.97 Å². The zero-order chi connectivity index (χ0) is 17.9. The fraction of sp³-hybridized carbons (Fsp3) is 0.286. The Balaban J connectivity index is 1.90. The highest BCUT2D eigenvalue weighted by atomic mass is 32.2. The number of hydrogen-bond acceptors (Lipinski definition) is 4. The Bertz CT molecular complexity index is 678. The number of carbonyl (C=O) groups excluding carboxylic acids is 1. The summed E-state index contributed by atoms with van der Waals surface area (Å²) in [7, 11) is 3.07. The molecule has 0 fully saturated rings. The molecule has 0 radical (unpaired) electrons. The van der Waals surface area contributed by atoms with Gasteiger partial charge in [-0.15, -0.1) is 11.8 Å². The average Bonchev–Trinajstić information content (AvgIpc) is 2.67. The summed E-state index contributed by atoms with van der Waals surface area (Å²) in [6.45, 7) is 0. The molecule has 0 spiro atoms. The largest absolute Gasteiger partial charge is 0.497 e. The number of aryl methyl sites for hydroxylation is 1. The third kappa shape index (κ3) is 7.06. The van der Waals surface area contributed by atoms with Crippen molar-refractivity contribution in [2.24, 2.45) is 0 Å². The number of rotatable bonds is 9. The maximum absolute atomic E-state index is 11.6. The molecular formula is C21H24O3S. The van der Waals surface area contributed by atoms with E-state index in [2.05, 4.69) is 24.3 Å². The highest BCUT2D eigenvalue weighted by Gasteiger charge is 2.05. The monoisotopic (exact) mass is 356 g/mol. The van der Waals surface area contributed by atoms with Crippen LogP contribution in [-0.2, 0) is 16.0 Å². The lowest BCUT2D eigenvalue weighted by Crippen LogP contribution is -2.00. The molecule has 0 atom stereocenters. The van der Waals surface area contributed by atoms with Gasteiger partial charge in [0.2, 0.25) is 0 Å². The van der Waals surface area contributed by atoms with Gasteiger partial charge in [0.25, 0.3) is 0 Å². The third-order valence-electron chi connectivity index (χ3n) is 3.81. The SMILES string of the molecule is COC(=O)/C=C(/CCCc1ccccc1)CSc1ccc(OC)cc1. The third-order valence-corrected chi connectivity index (χ3v) is 4.93. The standard InChI is InChI=1S/C21H24O3S/c1-23-19-11-13-20(14-12-19)25-16-18(15-21(22)24-2)10-6-9-17-7-4-3-5-8-17/h3-5,7-8,11-15H,6,9-10,16H2,1-2H3/b18-15-. The summed E-state index contributed by atoms with van der Waals surface area (Å²) >= 11 is 1.71. The number of ether oxygens (including phenoxy) is 2. The number of hydrogen-bond donors (Lipinski definition) is 0. The molecular weight excluding hydrogens is 332 g/mol. The first kappa shape index (κ1) is 19.1. The van der Waals surface area contributed by atoms with E-state index >= 15 is 0 Å². The second-order valence-corrected chi connectivity index (χ2v) is 6.68.